The third-order valence-electron chi connectivity index (χ3n) is 4.19. The van der Waals surface area contributed by atoms with E-state index in [1.807, 2.05) is 46.7 Å². The van der Waals surface area contributed by atoms with Crippen molar-refractivity contribution < 1.29 is 9.53 Å². The van der Waals surface area contributed by atoms with Crippen molar-refractivity contribution in [2.45, 2.75) is 19.4 Å². The van der Waals surface area contributed by atoms with Crippen molar-refractivity contribution in [3.63, 3.8) is 0 Å². The number of anilines is 1. The van der Waals surface area contributed by atoms with Gasteiger partial charge in [0.2, 0.25) is 0 Å². The van der Waals surface area contributed by atoms with Crippen LogP contribution in [0.4, 0.5) is 9.80 Å². The number of carbonyl (C=O) groups excluding carboxylic acids is 1. The molecule has 2 aromatic rings. The van der Waals surface area contributed by atoms with Gasteiger partial charge in [-0.15, -0.1) is 11.3 Å². The molecular weight excluding hydrogens is 344 g/mol. The second-order valence-corrected chi connectivity index (χ2v) is 7.36. The van der Waals surface area contributed by atoms with Crippen molar-refractivity contribution in [2.24, 2.45) is 5.92 Å². The molecule has 4 nitrogen and oxygen atoms in total. The first-order valence-electron chi connectivity index (χ1n) is 8.12. The molecule has 128 valence electrons. The number of hydrogen-bond donors (Lipinski definition) is 1. The number of piperidine rings is 1. The average Bonchev–Trinajstić information content (AvgIpc) is 3.10. The highest BCUT2D eigenvalue weighted by Gasteiger charge is 2.23. The Morgan fingerprint density at radius 2 is 2.00 bits per heavy atom. The van der Waals surface area contributed by atoms with Gasteiger partial charge < -0.3 is 9.64 Å². The second kappa shape index (κ2) is 8.51. The molecule has 1 fully saturated rings. The van der Waals surface area contributed by atoms with Crippen molar-refractivity contribution in [1.29, 1.82) is 0 Å². The molecular formula is C18H21ClN2O2S. The number of carbonyl (C=O) groups is 1. The molecule has 0 bridgehead atoms. The van der Waals surface area contributed by atoms with Crippen molar-refractivity contribution in [2.75, 3.05) is 25.0 Å². The summed E-state index contributed by atoms with van der Waals surface area (Å²) in [6.07, 6.45) is 1.97. The Balaban J connectivity index is 1.36. The van der Waals surface area contributed by atoms with E-state index in [1.54, 1.807) is 0 Å². The summed E-state index contributed by atoms with van der Waals surface area (Å²) in [6, 6.07) is 11.6. The highest BCUT2D eigenvalue weighted by Crippen LogP contribution is 2.21. The van der Waals surface area contributed by atoms with Gasteiger partial charge in [-0.2, -0.15) is 0 Å². The van der Waals surface area contributed by atoms with Crippen LogP contribution in [0.15, 0.2) is 41.8 Å². The van der Waals surface area contributed by atoms with E-state index in [0.29, 0.717) is 12.5 Å². The molecule has 0 radical (unpaired) electrons. The number of urea groups is 1. The van der Waals surface area contributed by atoms with E-state index in [4.69, 9.17) is 16.3 Å². The standard InChI is InChI=1S/C18H21ClN2O2S/c19-16-5-3-14(4-6-16)12-23-13-15-7-9-21(10-8-15)18(22)20-17-2-1-11-24-17/h1-6,11,15H,7-10,12-13H2,(H,20,22). The Morgan fingerprint density at radius 1 is 1.25 bits per heavy atom. The summed E-state index contributed by atoms with van der Waals surface area (Å²) < 4.78 is 5.82. The summed E-state index contributed by atoms with van der Waals surface area (Å²) in [5.41, 5.74) is 1.13. The number of hydrogen-bond acceptors (Lipinski definition) is 3. The average molecular weight is 365 g/mol. The van der Waals surface area contributed by atoms with Crippen LogP contribution in [0.5, 0.6) is 0 Å². The summed E-state index contributed by atoms with van der Waals surface area (Å²) in [5, 5.41) is 6.54. The molecule has 1 aromatic carbocycles. The maximum Gasteiger partial charge on any atom is 0.322 e. The fraction of sp³-hybridized carbons (Fsp3) is 0.389. The molecule has 0 unspecified atom stereocenters. The Bertz CT molecular complexity index is 638. The molecule has 24 heavy (non-hydrogen) atoms. The van der Waals surface area contributed by atoms with Crippen LogP contribution < -0.4 is 5.32 Å². The number of halogens is 1. The highest BCUT2D eigenvalue weighted by atomic mass is 35.5. The Kier molecular flexibility index (Phi) is 6.12. The molecule has 0 saturated carbocycles. The fourth-order valence-corrected chi connectivity index (χ4v) is 3.49. The van der Waals surface area contributed by atoms with E-state index in [2.05, 4.69) is 5.32 Å². The number of rotatable bonds is 5. The molecule has 2 amide bonds. The van der Waals surface area contributed by atoms with Gasteiger partial charge in [0.05, 0.1) is 11.6 Å². The molecule has 1 aliphatic rings. The zero-order valence-corrected chi connectivity index (χ0v) is 15.0. The maximum atomic E-state index is 12.2. The minimum absolute atomic E-state index is 0.00187. The summed E-state index contributed by atoms with van der Waals surface area (Å²) in [7, 11) is 0. The summed E-state index contributed by atoms with van der Waals surface area (Å²) in [5.74, 6) is 0.517. The normalized spacial score (nSPS) is 15.5. The van der Waals surface area contributed by atoms with Gasteiger partial charge in [-0.25, -0.2) is 4.79 Å². The van der Waals surface area contributed by atoms with Gasteiger partial charge in [0, 0.05) is 24.7 Å². The van der Waals surface area contributed by atoms with Crippen molar-refractivity contribution in [3.8, 4) is 0 Å². The summed E-state index contributed by atoms with van der Waals surface area (Å²) in [4.78, 5) is 14.1. The molecule has 0 aliphatic carbocycles. The Labute approximate surface area is 151 Å². The van der Waals surface area contributed by atoms with Crippen LogP contribution in [-0.4, -0.2) is 30.6 Å². The van der Waals surface area contributed by atoms with E-state index in [-0.39, 0.29) is 6.03 Å². The van der Waals surface area contributed by atoms with Gasteiger partial charge in [0.15, 0.2) is 0 Å². The lowest BCUT2D eigenvalue weighted by molar-refractivity contribution is 0.0641. The van der Waals surface area contributed by atoms with Gasteiger partial charge in [0.25, 0.3) is 0 Å². The number of nitrogens with one attached hydrogen (secondary N) is 1. The smallest absolute Gasteiger partial charge is 0.322 e. The maximum absolute atomic E-state index is 12.2. The Hall–Kier alpha value is -1.56. The van der Waals surface area contributed by atoms with Gasteiger partial charge in [-0.05, 0) is 54.0 Å². The molecule has 1 saturated heterocycles. The molecule has 1 aromatic heterocycles. The highest BCUT2D eigenvalue weighted by molar-refractivity contribution is 7.14. The van der Waals surface area contributed by atoms with E-state index in [9.17, 15) is 4.79 Å². The van der Waals surface area contributed by atoms with E-state index >= 15 is 0 Å². The third-order valence-corrected chi connectivity index (χ3v) is 5.23. The van der Waals surface area contributed by atoms with E-state index in [1.165, 1.54) is 11.3 Å². The topological polar surface area (TPSA) is 41.6 Å². The number of nitrogens with zero attached hydrogens (tertiary/aromatic N) is 1. The summed E-state index contributed by atoms with van der Waals surface area (Å²) >= 11 is 7.41. The lowest BCUT2D eigenvalue weighted by atomic mass is 9.98. The molecule has 2 heterocycles. The SMILES string of the molecule is O=C(Nc1cccs1)N1CCC(COCc2ccc(Cl)cc2)CC1. The van der Waals surface area contributed by atoms with Crippen molar-refractivity contribution >= 4 is 34.0 Å². The molecule has 0 spiro atoms. The first-order chi connectivity index (χ1) is 11.7. The van der Waals surface area contributed by atoms with Gasteiger partial charge in [-0.3, -0.25) is 5.32 Å². The van der Waals surface area contributed by atoms with E-state index < -0.39 is 0 Å². The largest absolute Gasteiger partial charge is 0.376 e. The number of likely N-dealkylation sites (tertiary alicyclic amines) is 1. The summed E-state index contributed by atoms with van der Waals surface area (Å²) in [6.45, 7) is 2.91. The van der Waals surface area contributed by atoms with Crippen LogP contribution >= 0.6 is 22.9 Å². The lowest BCUT2D eigenvalue weighted by Gasteiger charge is -2.31. The molecule has 6 heteroatoms. The molecule has 1 aliphatic heterocycles. The predicted octanol–water partition coefficient (Wildman–Crippen LogP) is 4.86. The zero-order valence-electron chi connectivity index (χ0n) is 13.4. The minimum Gasteiger partial charge on any atom is -0.376 e. The van der Waals surface area contributed by atoms with Crippen LogP contribution in [-0.2, 0) is 11.3 Å². The Morgan fingerprint density at radius 3 is 2.67 bits per heavy atom. The number of thiophene rings is 1. The quantitative estimate of drug-likeness (QED) is 0.822. The minimum atomic E-state index is -0.00187. The monoisotopic (exact) mass is 364 g/mol. The van der Waals surface area contributed by atoms with Crippen LogP contribution in [0.1, 0.15) is 18.4 Å². The number of amides is 2. The third kappa shape index (κ3) is 4.97. The predicted molar refractivity (Wildman–Crippen MR) is 98.7 cm³/mol. The first kappa shape index (κ1) is 17.3. The van der Waals surface area contributed by atoms with Crippen LogP contribution in [0.2, 0.25) is 5.02 Å². The lowest BCUT2D eigenvalue weighted by Crippen LogP contribution is -2.41. The van der Waals surface area contributed by atoms with Crippen molar-refractivity contribution in [3.05, 3.63) is 52.4 Å². The second-order valence-electron chi connectivity index (χ2n) is 5.98. The van der Waals surface area contributed by atoms with Crippen LogP contribution in [0, 0.1) is 5.92 Å². The van der Waals surface area contributed by atoms with E-state index in [0.717, 1.165) is 48.1 Å². The van der Waals surface area contributed by atoms with Crippen LogP contribution in [0.3, 0.4) is 0 Å². The van der Waals surface area contributed by atoms with Gasteiger partial charge >= 0.3 is 6.03 Å². The van der Waals surface area contributed by atoms with Crippen LogP contribution in [0.25, 0.3) is 0 Å². The number of benzene rings is 1. The molecule has 1 N–H and O–H groups in total. The van der Waals surface area contributed by atoms with Crippen molar-refractivity contribution in [1.82, 2.24) is 4.90 Å². The molecule has 0 atom stereocenters. The fourth-order valence-electron chi connectivity index (χ4n) is 2.76. The van der Waals surface area contributed by atoms with Gasteiger partial charge in [0.1, 0.15) is 0 Å². The first-order valence-corrected chi connectivity index (χ1v) is 9.38. The number of ether oxygens (including phenoxy) is 1. The zero-order chi connectivity index (χ0) is 16.8. The van der Waals surface area contributed by atoms with Gasteiger partial charge in [-0.1, -0.05) is 23.7 Å². The molecule has 3 rings (SSSR count).